The van der Waals surface area contributed by atoms with Crippen molar-refractivity contribution in [2.75, 3.05) is 18.5 Å². The first-order valence-corrected chi connectivity index (χ1v) is 8.80. The maximum Gasteiger partial charge on any atom is 0.253 e. The second-order valence-corrected chi connectivity index (χ2v) is 6.33. The van der Waals surface area contributed by atoms with E-state index in [9.17, 15) is 4.79 Å². The number of benzene rings is 1. The van der Waals surface area contributed by atoms with Crippen LogP contribution in [0.15, 0.2) is 30.5 Å². The molecule has 0 spiro atoms. The summed E-state index contributed by atoms with van der Waals surface area (Å²) in [5.74, 6) is -0.125. The van der Waals surface area contributed by atoms with Gasteiger partial charge in [0.1, 0.15) is 6.10 Å². The van der Waals surface area contributed by atoms with Crippen LogP contribution >= 0.6 is 0 Å². The van der Waals surface area contributed by atoms with Gasteiger partial charge in [-0.1, -0.05) is 0 Å². The number of hydrogen-bond donors (Lipinski definition) is 1. The standard InChI is InChI=1S/C19H26N2O3/c1-3-21-10-9-15-12-16(7-8-18(15)21)20-19(22)14(2)24-13-17-6-4-5-11-23-17/h7-10,12,14,17H,3-6,11,13H2,1-2H3,(H,20,22)/t14-,17-/m1/s1. The number of aryl methyl sites for hydroxylation is 1. The fourth-order valence-electron chi connectivity index (χ4n) is 3.06. The number of ether oxygens (including phenoxy) is 2. The van der Waals surface area contributed by atoms with E-state index in [1.54, 1.807) is 6.92 Å². The fourth-order valence-corrected chi connectivity index (χ4v) is 3.06. The molecular formula is C19H26N2O3. The van der Waals surface area contributed by atoms with Gasteiger partial charge < -0.3 is 19.4 Å². The summed E-state index contributed by atoms with van der Waals surface area (Å²) in [6.07, 6.45) is 5.00. The van der Waals surface area contributed by atoms with Crippen LogP contribution in [-0.2, 0) is 20.8 Å². The molecule has 130 valence electrons. The normalized spacial score (nSPS) is 19.3. The van der Waals surface area contributed by atoms with Gasteiger partial charge >= 0.3 is 0 Å². The second kappa shape index (κ2) is 7.81. The average molecular weight is 330 g/mol. The third-order valence-electron chi connectivity index (χ3n) is 4.55. The number of fused-ring (bicyclic) bond motifs is 1. The molecule has 5 heteroatoms. The topological polar surface area (TPSA) is 52.5 Å². The molecule has 0 saturated carbocycles. The smallest absolute Gasteiger partial charge is 0.253 e. The second-order valence-electron chi connectivity index (χ2n) is 6.33. The number of carbonyl (C=O) groups is 1. The first-order chi connectivity index (χ1) is 11.7. The van der Waals surface area contributed by atoms with Crippen LogP contribution in [-0.4, -0.2) is 35.9 Å². The van der Waals surface area contributed by atoms with Gasteiger partial charge in [0.25, 0.3) is 5.91 Å². The van der Waals surface area contributed by atoms with Gasteiger partial charge in [-0.2, -0.15) is 0 Å². The summed E-state index contributed by atoms with van der Waals surface area (Å²) in [4.78, 5) is 12.3. The lowest BCUT2D eigenvalue weighted by Gasteiger charge is -2.23. The van der Waals surface area contributed by atoms with Crippen molar-refractivity contribution in [3.63, 3.8) is 0 Å². The first-order valence-electron chi connectivity index (χ1n) is 8.80. The minimum atomic E-state index is -0.494. The summed E-state index contributed by atoms with van der Waals surface area (Å²) in [5.41, 5.74) is 1.97. The van der Waals surface area contributed by atoms with Gasteiger partial charge in [-0.15, -0.1) is 0 Å². The van der Waals surface area contributed by atoms with E-state index in [4.69, 9.17) is 9.47 Å². The Morgan fingerprint density at radius 3 is 3.04 bits per heavy atom. The highest BCUT2D eigenvalue weighted by molar-refractivity contribution is 5.96. The van der Waals surface area contributed by atoms with E-state index in [-0.39, 0.29) is 12.0 Å². The number of carbonyl (C=O) groups excluding carboxylic acids is 1. The SMILES string of the molecule is CCn1ccc2cc(NC(=O)[C@@H](C)OC[C@H]3CCCCO3)ccc21. The van der Waals surface area contributed by atoms with Crippen molar-refractivity contribution < 1.29 is 14.3 Å². The molecule has 0 aliphatic carbocycles. The van der Waals surface area contributed by atoms with Crippen molar-refractivity contribution >= 4 is 22.5 Å². The average Bonchev–Trinajstić information content (AvgIpc) is 3.02. The molecule has 1 aliphatic heterocycles. The van der Waals surface area contributed by atoms with Gasteiger partial charge in [0.2, 0.25) is 0 Å². The first kappa shape index (κ1) is 17.0. The van der Waals surface area contributed by atoms with Gasteiger partial charge in [-0.3, -0.25) is 4.79 Å². The molecule has 0 radical (unpaired) electrons. The van der Waals surface area contributed by atoms with Gasteiger partial charge in [-0.25, -0.2) is 0 Å². The quantitative estimate of drug-likeness (QED) is 0.881. The number of amides is 1. The van der Waals surface area contributed by atoms with E-state index in [1.165, 1.54) is 11.9 Å². The molecule has 1 aliphatic rings. The predicted molar refractivity (Wildman–Crippen MR) is 95.2 cm³/mol. The van der Waals surface area contributed by atoms with Crippen LogP contribution in [0, 0.1) is 0 Å². The summed E-state index contributed by atoms with van der Waals surface area (Å²) >= 11 is 0. The van der Waals surface area contributed by atoms with Gasteiger partial charge in [0.05, 0.1) is 12.7 Å². The van der Waals surface area contributed by atoms with Crippen LogP contribution < -0.4 is 5.32 Å². The third kappa shape index (κ3) is 3.97. The molecule has 1 aromatic heterocycles. The van der Waals surface area contributed by atoms with Crippen molar-refractivity contribution in [2.24, 2.45) is 0 Å². The molecule has 0 bridgehead atoms. The predicted octanol–water partition coefficient (Wildman–Crippen LogP) is 3.57. The van der Waals surface area contributed by atoms with Crippen molar-refractivity contribution in [3.8, 4) is 0 Å². The zero-order valence-electron chi connectivity index (χ0n) is 14.5. The van der Waals surface area contributed by atoms with Crippen molar-refractivity contribution in [1.29, 1.82) is 0 Å². The van der Waals surface area contributed by atoms with E-state index in [0.717, 1.165) is 37.1 Å². The Balaban J connectivity index is 1.55. The van der Waals surface area contributed by atoms with E-state index in [1.807, 2.05) is 18.2 Å². The van der Waals surface area contributed by atoms with Crippen LogP contribution in [0.5, 0.6) is 0 Å². The highest BCUT2D eigenvalue weighted by Crippen LogP contribution is 2.21. The Labute approximate surface area is 142 Å². The van der Waals surface area contributed by atoms with Crippen molar-refractivity contribution in [2.45, 2.75) is 51.9 Å². The molecule has 1 aromatic carbocycles. The Hall–Kier alpha value is -1.85. The summed E-state index contributed by atoms with van der Waals surface area (Å²) in [6.45, 7) is 6.11. The number of nitrogens with zero attached hydrogens (tertiary/aromatic N) is 1. The minimum Gasteiger partial charge on any atom is -0.376 e. The Bertz CT molecular complexity index is 689. The molecule has 24 heavy (non-hydrogen) atoms. The zero-order valence-corrected chi connectivity index (χ0v) is 14.5. The van der Waals surface area contributed by atoms with E-state index >= 15 is 0 Å². The largest absolute Gasteiger partial charge is 0.376 e. The monoisotopic (exact) mass is 330 g/mol. The molecule has 3 rings (SSSR count). The lowest BCUT2D eigenvalue weighted by molar-refractivity contribution is -0.130. The molecule has 0 unspecified atom stereocenters. The summed E-state index contributed by atoms with van der Waals surface area (Å²) in [6, 6.07) is 8.03. The maximum atomic E-state index is 12.3. The number of aromatic nitrogens is 1. The van der Waals surface area contributed by atoms with Gasteiger partial charge in [0.15, 0.2) is 0 Å². The molecular weight excluding hydrogens is 304 g/mol. The number of hydrogen-bond acceptors (Lipinski definition) is 3. The van der Waals surface area contributed by atoms with Crippen LogP contribution in [0.25, 0.3) is 10.9 Å². The number of nitrogens with one attached hydrogen (secondary N) is 1. The Kier molecular flexibility index (Phi) is 5.53. The fraction of sp³-hybridized carbons (Fsp3) is 0.526. The van der Waals surface area contributed by atoms with Crippen LogP contribution in [0.1, 0.15) is 33.1 Å². The number of anilines is 1. The third-order valence-corrected chi connectivity index (χ3v) is 4.55. The van der Waals surface area contributed by atoms with Crippen molar-refractivity contribution in [1.82, 2.24) is 4.57 Å². The molecule has 1 amide bonds. The van der Waals surface area contributed by atoms with Crippen molar-refractivity contribution in [3.05, 3.63) is 30.5 Å². The maximum absolute atomic E-state index is 12.3. The molecule has 5 nitrogen and oxygen atoms in total. The Morgan fingerprint density at radius 2 is 2.29 bits per heavy atom. The van der Waals surface area contributed by atoms with Gasteiger partial charge in [-0.05, 0) is 57.4 Å². The van der Waals surface area contributed by atoms with E-state index in [0.29, 0.717) is 6.61 Å². The van der Waals surface area contributed by atoms with Crippen LogP contribution in [0.3, 0.4) is 0 Å². The number of rotatable bonds is 6. The minimum absolute atomic E-state index is 0.124. The molecule has 1 N–H and O–H groups in total. The lowest BCUT2D eigenvalue weighted by atomic mass is 10.1. The molecule has 2 aromatic rings. The van der Waals surface area contributed by atoms with E-state index in [2.05, 4.69) is 29.1 Å². The van der Waals surface area contributed by atoms with Gasteiger partial charge in [0, 0.05) is 35.9 Å². The Morgan fingerprint density at radius 1 is 1.42 bits per heavy atom. The highest BCUT2D eigenvalue weighted by atomic mass is 16.5. The summed E-state index contributed by atoms with van der Waals surface area (Å²) in [5, 5.41) is 4.06. The highest BCUT2D eigenvalue weighted by Gasteiger charge is 2.19. The molecule has 1 fully saturated rings. The molecule has 2 atom stereocenters. The summed E-state index contributed by atoms with van der Waals surface area (Å²) in [7, 11) is 0. The van der Waals surface area contributed by atoms with Crippen LogP contribution in [0.4, 0.5) is 5.69 Å². The zero-order chi connectivity index (χ0) is 16.9. The molecule has 2 heterocycles. The van der Waals surface area contributed by atoms with Crippen LogP contribution in [0.2, 0.25) is 0 Å². The molecule has 1 saturated heterocycles. The van der Waals surface area contributed by atoms with E-state index < -0.39 is 6.10 Å². The summed E-state index contributed by atoms with van der Waals surface area (Å²) < 4.78 is 13.5. The lowest BCUT2D eigenvalue weighted by Crippen LogP contribution is -2.32.